The van der Waals surface area contributed by atoms with Gasteiger partial charge in [0, 0.05) is 13.2 Å². The van der Waals surface area contributed by atoms with Crippen molar-refractivity contribution in [3.05, 3.63) is 59.0 Å². The van der Waals surface area contributed by atoms with Crippen LogP contribution in [0.4, 0.5) is 5.82 Å². The number of anilines is 1. The highest BCUT2D eigenvalue weighted by molar-refractivity contribution is 6.06. The number of esters is 1. The molecule has 0 bridgehead atoms. The summed E-state index contributed by atoms with van der Waals surface area (Å²) in [7, 11) is 1.62. The number of nitrogens with one attached hydrogen (secondary N) is 1. The maximum Gasteiger partial charge on any atom is 0.343 e. The molecule has 0 aliphatic rings. The summed E-state index contributed by atoms with van der Waals surface area (Å²) in [4.78, 5) is 24.6. The SMILES string of the molecule is CCOC(=O)c1cnn(C)c1NC(=O)c1ccn(COc2cc(C)ccc2C)n1. The number of aromatic nitrogens is 4. The zero-order valence-electron chi connectivity index (χ0n) is 16.8. The highest BCUT2D eigenvalue weighted by atomic mass is 16.5. The van der Waals surface area contributed by atoms with E-state index in [1.807, 2.05) is 32.0 Å². The lowest BCUT2D eigenvalue weighted by Gasteiger charge is -2.10. The van der Waals surface area contributed by atoms with Crippen molar-refractivity contribution < 1.29 is 19.1 Å². The number of benzene rings is 1. The number of aryl methyl sites for hydroxylation is 3. The minimum absolute atomic E-state index is 0.164. The minimum atomic E-state index is -0.552. The van der Waals surface area contributed by atoms with E-state index in [1.54, 1.807) is 26.2 Å². The van der Waals surface area contributed by atoms with Gasteiger partial charge >= 0.3 is 5.97 Å². The van der Waals surface area contributed by atoms with Crippen molar-refractivity contribution in [2.24, 2.45) is 7.05 Å². The first-order chi connectivity index (χ1) is 13.9. The largest absolute Gasteiger partial charge is 0.471 e. The lowest BCUT2D eigenvalue weighted by atomic mass is 10.1. The Morgan fingerprint density at radius 1 is 1.21 bits per heavy atom. The van der Waals surface area contributed by atoms with E-state index in [1.165, 1.54) is 15.6 Å². The molecule has 29 heavy (non-hydrogen) atoms. The second kappa shape index (κ2) is 8.59. The molecular weight excluding hydrogens is 374 g/mol. The normalized spacial score (nSPS) is 10.6. The molecule has 3 aromatic rings. The zero-order chi connectivity index (χ0) is 21.0. The van der Waals surface area contributed by atoms with E-state index in [0.717, 1.165) is 16.9 Å². The molecule has 1 N–H and O–H groups in total. The van der Waals surface area contributed by atoms with Gasteiger partial charge in [0.1, 0.15) is 17.1 Å². The Bertz CT molecular complexity index is 1040. The van der Waals surface area contributed by atoms with Gasteiger partial charge in [0.15, 0.2) is 12.4 Å². The highest BCUT2D eigenvalue weighted by Crippen LogP contribution is 2.20. The Morgan fingerprint density at radius 2 is 2.00 bits per heavy atom. The van der Waals surface area contributed by atoms with Crippen molar-refractivity contribution in [3.8, 4) is 5.75 Å². The number of ether oxygens (including phenoxy) is 2. The second-order valence-corrected chi connectivity index (χ2v) is 6.49. The average Bonchev–Trinajstić information content (AvgIpc) is 3.30. The maximum absolute atomic E-state index is 12.6. The van der Waals surface area contributed by atoms with Gasteiger partial charge in [-0.3, -0.25) is 9.48 Å². The van der Waals surface area contributed by atoms with E-state index in [2.05, 4.69) is 15.5 Å². The van der Waals surface area contributed by atoms with Gasteiger partial charge in [0.25, 0.3) is 5.91 Å². The van der Waals surface area contributed by atoms with Crippen LogP contribution in [0.15, 0.2) is 36.7 Å². The predicted octanol–water partition coefficient (Wildman–Crippen LogP) is 2.70. The molecule has 9 heteroatoms. The number of carbonyl (C=O) groups is 2. The fourth-order valence-electron chi connectivity index (χ4n) is 2.67. The molecule has 0 fully saturated rings. The molecule has 3 rings (SSSR count). The van der Waals surface area contributed by atoms with Gasteiger partial charge < -0.3 is 14.8 Å². The molecule has 152 valence electrons. The first-order valence-electron chi connectivity index (χ1n) is 9.13. The number of amides is 1. The van der Waals surface area contributed by atoms with Crippen LogP contribution in [0.2, 0.25) is 0 Å². The number of hydrogen-bond acceptors (Lipinski definition) is 6. The first-order valence-corrected chi connectivity index (χ1v) is 9.13. The summed E-state index contributed by atoms with van der Waals surface area (Å²) < 4.78 is 13.7. The molecule has 2 aromatic heterocycles. The smallest absolute Gasteiger partial charge is 0.343 e. The minimum Gasteiger partial charge on any atom is -0.471 e. The van der Waals surface area contributed by atoms with Crippen molar-refractivity contribution in [2.75, 3.05) is 11.9 Å². The van der Waals surface area contributed by atoms with Crippen LogP contribution < -0.4 is 10.1 Å². The van der Waals surface area contributed by atoms with Crippen LogP contribution in [0.1, 0.15) is 38.9 Å². The predicted molar refractivity (Wildman–Crippen MR) is 106 cm³/mol. The van der Waals surface area contributed by atoms with E-state index >= 15 is 0 Å². The zero-order valence-corrected chi connectivity index (χ0v) is 16.8. The van der Waals surface area contributed by atoms with Crippen molar-refractivity contribution >= 4 is 17.7 Å². The molecular formula is C20H23N5O4. The van der Waals surface area contributed by atoms with Gasteiger partial charge in [-0.05, 0) is 44.0 Å². The lowest BCUT2D eigenvalue weighted by Crippen LogP contribution is -2.18. The Labute approximate surface area is 168 Å². The van der Waals surface area contributed by atoms with Gasteiger partial charge in [-0.15, -0.1) is 0 Å². The first kappa shape index (κ1) is 20.1. The molecule has 0 aliphatic heterocycles. The fraction of sp³-hybridized carbons (Fsp3) is 0.300. The van der Waals surface area contributed by atoms with E-state index < -0.39 is 11.9 Å². The van der Waals surface area contributed by atoms with Crippen molar-refractivity contribution in [2.45, 2.75) is 27.5 Å². The maximum atomic E-state index is 12.6. The number of rotatable bonds is 7. The van der Waals surface area contributed by atoms with Crippen LogP contribution in [0, 0.1) is 13.8 Å². The summed E-state index contributed by atoms with van der Waals surface area (Å²) in [6.45, 7) is 6.06. The molecule has 2 heterocycles. The van der Waals surface area contributed by atoms with Crippen molar-refractivity contribution in [1.29, 1.82) is 0 Å². The Morgan fingerprint density at radius 3 is 2.76 bits per heavy atom. The average molecular weight is 397 g/mol. The van der Waals surface area contributed by atoms with E-state index in [-0.39, 0.29) is 30.4 Å². The third-order valence-corrected chi connectivity index (χ3v) is 4.24. The molecule has 0 radical (unpaired) electrons. The van der Waals surface area contributed by atoms with Crippen LogP contribution in [0.25, 0.3) is 0 Å². The van der Waals surface area contributed by atoms with Gasteiger partial charge in [-0.1, -0.05) is 12.1 Å². The standard InChI is InChI=1S/C20H23N5O4/c1-5-28-20(27)15-11-21-24(4)18(15)22-19(26)16-8-9-25(23-16)12-29-17-10-13(2)6-7-14(17)3/h6-11H,5,12H2,1-4H3,(H,22,26). The topological polar surface area (TPSA) is 100 Å². The molecule has 1 amide bonds. The molecule has 0 unspecified atom stereocenters. The summed E-state index contributed by atoms with van der Waals surface area (Å²) >= 11 is 0. The van der Waals surface area contributed by atoms with Crippen LogP contribution in [0.5, 0.6) is 5.75 Å². The van der Waals surface area contributed by atoms with Crippen LogP contribution in [-0.4, -0.2) is 38.0 Å². The molecule has 0 atom stereocenters. The van der Waals surface area contributed by atoms with Crippen LogP contribution in [-0.2, 0) is 18.5 Å². The third kappa shape index (κ3) is 4.63. The molecule has 1 aromatic carbocycles. The van der Waals surface area contributed by atoms with Gasteiger partial charge in [0.05, 0.1) is 12.8 Å². The fourth-order valence-corrected chi connectivity index (χ4v) is 2.67. The van der Waals surface area contributed by atoms with E-state index in [9.17, 15) is 9.59 Å². The number of carbonyl (C=O) groups excluding carboxylic acids is 2. The summed E-state index contributed by atoms with van der Waals surface area (Å²) in [5, 5.41) is 10.9. The van der Waals surface area contributed by atoms with E-state index in [0.29, 0.717) is 0 Å². The molecule has 0 saturated carbocycles. The Balaban J connectivity index is 1.68. The Hall–Kier alpha value is -3.62. The van der Waals surface area contributed by atoms with Crippen LogP contribution >= 0.6 is 0 Å². The summed E-state index contributed by atoms with van der Waals surface area (Å²) in [5.41, 5.74) is 2.48. The summed E-state index contributed by atoms with van der Waals surface area (Å²) in [5.74, 6) is -0.0110. The molecule has 0 spiro atoms. The summed E-state index contributed by atoms with van der Waals surface area (Å²) in [6, 6.07) is 7.52. The van der Waals surface area contributed by atoms with E-state index in [4.69, 9.17) is 9.47 Å². The molecule has 9 nitrogen and oxygen atoms in total. The van der Waals surface area contributed by atoms with Crippen molar-refractivity contribution in [1.82, 2.24) is 19.6 Å². The second-order valence-electron chi connectivity index (χ2n) is 6.49. The third-order valence-electron chi connectivity index (χ3n) is 4.24. The number of nitrogens with zero attached hydrogens (tertiary/aromatic N) is 4. The number of hydrogen-bond donors (Lipinski definition) is 1. The summed E-state index contributed by atoms with van der Waals surface area (Å²) in [6.07, 6.45) is 3.00. The van der Waals surface area contributed by atoms with Gasteiger partial charge in [-0.2, -0.15) is 10.2 Å². The van der Waals surface area contributed by atoms with Gasteiger partial charge in [-0.25, -0.2) is 9.48 Å². The highest BCUT2D eigenvalue weighted by Gasteiger charge is 2.20. The molecule has 0 saturated heterocycles. The molecule has 0 aliphatic carbocycles. The van der Waals surface area contributed by atoms with Crippen LogP contribution in [0.3, 0.4) is 0 Å². The lowest BCUT2D eigenvalue weighted by molar-refractivity contribution is 0.0527. The Kier molecular flexibility index (Phi) is 5.96. The van der Waals surface area contributed by atoms with Crippen molar-refractivity contribution in [3.63, 3.8) is 0 Å². The van der Waals surface area contributed by atoms with Gasteiger partial charge in [0.2, 0.25) is 0 Å². The monoisotopic (exact) mass is 397 g/mol. The quantitative estimate of drug-likeness (QED) is 0.615.